The summed E-state index contributed by atoms with van der Waals surface area (Å²) in [5.74, 6) is -0.489. The summed E-state index contributed by atoms with van der Waals surface area (Å²) in [6.07, 6.45) is 0. The van der Waals surface area contributed by atoms with Gasteiger partial charge in [0, 0.05) is 29.4 Å². The fraction of sp³-hybridized carbons (Fsp3) is 0.125. The van der Waals surface area contributed by atoms with Crippen molar-refractivity contribution in [2.45, 2.75) is 10.7 Å². The van der Waals surface area contributed by atoms with E-state index in [-0.39, 0.29) is 23.1 Å². The zero-order chi connectivity index (χ0) is 20.3. The van der Waals surface area contributed by atoms with E-state index in [9.17, 15) is 23.7 Å². The molecule has 0 saturated carbocycles. The Morgan fingerprint density at radius 1 is 1.32 bits per heavy atom. The third-order valence-corrected chi connectivity index (χ3v) is 4.32. The maximum Gasteiger partial charge on any atom is 0.487 e. The third-order valence-electron chi connectivity index (χ3n) is 3.37. The molecule has 0 aliphatic rings. The van der Waals surface area contributed by atoms with Gasteiger partial charge in [-0.3, -0.25) is 14.9 Å². The molecule has 0 fully saturated rings. The Morgan fingerprint density at radius 3 is 2.68 bits per heavy atom. The van der Waals surface area contributed by atoms with Gasteiger partial charge in [-0.25, -0.2) is 4.98 Å². The Bertz CT molecular complexity index is 1020. The summed E-state index contributed by atoms with van der Waals surface area (Å²) in [6, 6.07) is 9.48. The molecule has 0 bridgehead atoms. The van der Waals surface area contributed by atoms with Crippen molar-refractivity contribution in [3.05, 3.63) is 52.6 Å². The van der Waals surface area contributed by atoms with Crippen LogP contribution in [0.1, 0.15) is 0 Å². The molecule has 2 N–H and O–H groups in total. The standard InChI is InChI=1S/C16H11ClF2N4O4S/c17-16(18,19)27-11-4-1-9(2-5-11)20-14(24)8-28-15-21-12-6-3-10(23(25)26)7-13(12)22-15/h1-7H,8H2,(H,20,24)(H,21,22). The Kier molecular flexibility index (Phi) is 5.66. The number of fused-ring (bicyclic) bond motifs is 1. The number of alkyl halides is 3. The zero-order valence-corrected chi connectivity index (χ0v) is 15.4. The van der Waals surface area contributed by atoms with E-state index in [1.54, 1.807) is 0 Å². The summed E-state index contributed by atoms with van der Waals surface area (Å²) in [6.45, 7) is 0. The number of amides is 1. The molecular formula is C16H11ClF2N4O4S. The number of hydrogen-bond donors (Lipinski definition) is 2. The fourth-order valence-electron chi connectivity index (χ4n) is 2.23. The van der Waals surface area contributed by atoms with Crippen LogP contribution in [0.4, 0.5) is 20.2 Å². The van der Waals surface area contributed by atoms with Gasteiger partial charge in [0.1, 0.15) is 5.75 Å². The number of H-pyrrole nitrogens is 1. The van der Waals surface area contributed by atoms with Gasteiger partial charge in [0.25, 0.3) is 5.69 Å². The van der Waals surface area contributed by atoms with Crippen LogP contribution in [0.25, 0.3) is 11.0 Å². The summed E-state index contributed by atoms with van der Waals surface area (Å²) >= 11 is 5.78. The van der Waals surface area contributed by atoms with Crippen LogP contribution in [0.5, 0.6) is 5.75 Å². The molecule has 2 aromatic carbocycles. The van der Waals surface area contributed by atoms with Gasteiger partial charge < -0.3 is 15.0 Å². The molecule has 8 nitrogen and oxygen atoms in total. The van der Waals surface area contributed by atoms with E-state index in [0.717, 1.165) is 11.8 Å². The molecule has 28 heavy (non-hydrogen) atoms. The average molecular weight is 429 g/mol. The lowest BCUT2D eigenvalue weighted by Crippen LogP contribution is -2.16. The maximum atomic E-state index is 12.5. The van der Waals surface area contributed by atoms with Crippen LogP contribution in [0.15, 0.2) is 47.6 Å². The predicted octanol–water partition coefficient (Wildman–Crippen LogP) is 4.37. The number of carbonyl (C=O) groups excluding carboxylic acids is 1. The summed E-state index contributed by atoms with van der Waals surface area (Å²) in [5.41, 5.74) is -2.46. The molecule has 146 valence electrons. The number of nitrogens with zero attached hydrogens (tertiary/aromatic N) is 2. The Labute approximate surface area is 165 Å². The highest BCUT2D eigenvalue weighted by Crippen LogP contribution is 2.26. The van der Waals surface area contributed by atoms with E-state index >= 15 is 0 Å². The normalized spacial score (nSPS) is 11.4. The van der Waals surface area contributed by atoms with E-state index in [2.05, 4.69) is 31.6 Å². The van der Waals surface area contributed by atoms with Crippen molar-refractivity contribution in [1.29, 1.82) is 0 Å². The lowest BCUT2D eigenvalue weighted by atomic mass is 10.3. The first-order valence-corrected chi connectivity index (χ1v) is 8.98. The van der Waals surface area contributed by atoms with E-state index < -0.39 is 10.5 Å². The molecule has 0 aliphatic heterocycles. The minimum atomic E-state index is -3.81. The predicted molar refractivity (Wildman–Crippen MR) is 100.0 cm³/mol. The number of anilines is 1. The largest absolute Gasteiger partial charge is 0.487 e. The molecule has 1 heterocycles. The Balaban J connectivity index is 1.57. The number of aromatic nitrogens is 2. The fourth-order valence-corrected chi connectivity index (χ4v) is 3.00. The molecule has 3 aromatic rings. The van der Waals surface area contributed by atoms with Crippen molar-refractivity contribution in [2.75, 3.05) is 11.1 Å². The van der Waals surface area contributed by atoms with Gasteiger partial charge >= 0.3 is 5.57 Å². The molecule has 0 saturated heterocycles. The number of nitro benzene ring substituents is 1. The van der Waals surface area contributed by atoms with Gasteiger partial charge in [0.2, 0.25) is 5.91 Å². The molecule has 0 unspecified atom stereocenters. The first-order valence-electron chi connectivity index (χ1n) is 7.62. The second-order valence-electron chi connectivity index (χ2n) is 5.41. The highest BCUT2D eigenvalue weighted by atomic mass is 35.5. The first-order chi connectivity index (χ1) is 13.2. The molecule has 0 spiro atoms. The minimum absolute atomic E-state index is 0.0138. The first kappa shape index (κ1) is 19.8. The van der Waals surface area contributed by atoms with Crippen molar-refractivity contribution in [1.82, 2.24) is 9.97 Å². The van der Waals surface area contributed by atoms with Crippen LogP contribution in [0, 0.1) is 10.1 Å². The third kappa shape index (κ3) is 5.30. The van der Waals surface area contributed by atoms with E-state index in [4.69, 9.17) is 0 Å². The van der Waals surface area contributed by atoms with Gasteiger partial charge in [-0.1, -0.05) is 11.8 Å². The Morgan fingerprint density at radius 2 is 2.04 bits per heavy atom. The van der Waals surface area contributed by atoms with Crippen LogP contribution in [-0.4, -0.2) is 32.1 Å². The molecule has 0 atom stereocenters. The van der Waals surface area contributed by atoms with Crippen LogP contribution in [0.2, 0.25) is 0 Å². The number of aromatic amines is 1. The van der Waals surface area contributed by atoms with Gasteiger partial charge in [-0.15, -0.1) is 8.78 Å². The van der Waals surface area contributed by atoms with Crippen LogP contribution in [-0.2, 0) is 4.79 Å². The molecule has 12 heteroatoms. The number of nitrogens with one attached hydrogen (secondary N) is 2. The molecule has 1 amide bonds. The number of hydrogen-bond acceptors (Lipinski definition) is 6. The zero-order valence-electron chi connectivity index (χ0n) is 13.8. The van der Waals surface area contributed by atoms with Gasteiger partial charge in [0.15, 0.2) is 5.16 Å². The van der Waals surface area contributed by atoms with E-state index in [1.165, 1.54) is 42.5 Å². The number of nitro groups is 1. The second-order valence-corrected chi connectivity index (χ2v) is 6.81. The van der Waals surface area contributed by atoms with Crippen LogP contribution < -0.4 is 10.1 Å². The number of ether oxygens (including phenoxy) is 1. The molecule has 0 radical (unpaired) electrons. The SMILES string of the molecule is O=C(CSc1nc2ccc([N+](=O)[O-])cc2[nH]1)Nc1ccc(OC(F)(F)Cl)cc1. The van der Waals surface area contributed by atoms with E-state index in [1.807, 2.05) is 0 Å². The van der Waals surface area contributed by atoms with Crippen molar-refractivity contribution in [2.24, 2.45) is 0 Å². The number of benzene rings is 2. The lowest BCUT2D eigenvalue weighted by Gasteiger charge is -2.11. The Hall–Kier alpha value is -2.92. The quantitative estimate of drug-likeness (QED) is 0.250. The summed E-state index contributed by atoms with van der Waals surface area (Å²) < 4.78 is 29.3. The number of imidazole rings is 1. The average Bonchev–Trinajstić information content (AvgIpc) is 3.02. The van der Waals surface area contributed by atoms with Crippen molar-refractivity contribution in [3.63, 3.8) is 0 Å². The van der Waals surface area contributed by atoms with Gasteiger partial charge in [0.05, 0.1) is 21.7 Å². The smallest absolute Gasteiger partial charge is 0.420 e. The lowest BCUT2D eigenvalue weighted by molar-refractivity contribution is -0.384. The summed E-state index contributed by atoms with van der Waals surface area (Å²) in [7, 11) is 0. The number of thioether (sulfide) groups is 1. The summed E-state index contributed by atoms with van der Waals surface area (Å²) in [5, 5.41) is 13.8. The van der Waals surface area contributed by atoms with Crippen LogP contribution in [0.3, 0.4) is 0 Å². The second kappa shape index (κ2) is 7.98. The highest BCUT2D eigenvalue weighted by Gasteiger charge is 2.27. The highest BCUT2D eigenvalue weighted by molar-refractivity contribution is 7.99. The molecule has 0 aliphatic carbocycles. The molecular weight excluding hydrogens is 418 g/mol. The minimum Gasteiger partial charge on any atom is -0.420 e. The number of rotatable bonds is 7. The summed E-state index contributed by atoms with van der Waals surface area (Å²) in [4.78, 5) is 29.5. The maximum absolute atomic E-state index is 12.5. The van der Waals surface area contributed by atoms with Crippen molar-refractivity contribution >= 4 is 51.7 Å². The number of halogens is 3. The number of carbonyl (C=O) groups is 1. The van der Waals surface area contributed by atoms with E-state index in [0.29, 0.717) is 21.9 Å². The topological polar surface area (TPSA) is 110 Å². The van der Waals surface area contributed by atoms with Crippen LogP contribution >= 0.6 is 23.4 Å². The van der Waals surface area contributed by atoms with Gasteiger partial charge in [-0.05, 0) is 30.3 Å². The monoisotopic (exact) mass is 428 g/mol. The van der Waals surface area contributed by atoms with Crippen molar-refractivity contribution < 1.29 is 23.2 Å². The molecule has 3 rings (SSSR count). The van der Waals surface area contributed by atoms with Gasteiger partial charge in [-0.2, -0.15) is 0 Å². The molecule has 1 aromatic heterocycles. The number of non-ortho nitro benzene ring substituents is 1. The van der Waals surface area contributed by atoms with Crippen molar-refractivity contribution in [3.8, 4) is 5.75 Å².